The molecule has 0 bridgehead atoms. The zero-order valence-electron chi connectivity index (χ0n) is 14.7. The van der Waals surface area contributed by atoms with E-state index in [9.17, 15) is 19.8 Å². The van der Waals surface area contributed by atoms with Gasteiger partial charge in [-0.2, -0.15) is 0 Å². The summed E-state index contributed by atoms with van der Waals surface area (Å²) in [4.78, 5) is 26.4. The molecule has 138 valence electrons. The molecule has 0 spiro atoms. The van der Waals surface area contributed by atoms with E-state index in [0.717, 1.165) is 11.1 Å². The van der Waals surface area contributed by atoms with Crippen molar-refractivity contribution in [2.45, 2.75) is 25.8 Å². The molecule has 0 saturated heterocycles. The van der Waals surface area contributed by atoms with Crippen LogP contribution >= 0.6 is 0 Å². The first-order chi connectivity index (χ1) is 12.9. The predicted molar refractivity (Wildman–Crippen MR) is 95.0 cm³/mol. The lowest BCUT2D eigenvalue weighted by molar-refractivity contribution is -0.309. The molecular weight excluding hydrogens is 346 g/mol. The average molecular weight is 363 g/mol. The summed E-state index contributed by atoms with van der Waals surface area (Å²) in [6.45, 7) is 1.90. The van der Waals surface area contributed by atoms with Gasteiger partial charge in [-0.15, -0.1) is 0 Å². The second kappa shape index (κ2) is 7.86. The van der Waals surface area contributed by atoms with E-state index in [1.807, 2.05) is 49.4 Å². The zero-order valence-corrected chi connectivity index (χ0v) is 14.7. The number of benzene rings is 2. The van der Waals surface area contributed by atoms with Crippen LogP contribution in [0.15, 0.2) is 64.0 Å². The van der Waals surface area contributed by atoms with Crippen LogP contribution in [0.25, 0.3) is 22.3 Å². The first-order valence-electron chi connectivity index (χ1n) is 8.48. The zero-order chi connectivity index (χ0) is 19.4. The number of carbonyl (C=O) groups is 2. The molecule has 0 aliphatic heterocycles. The Morgan fingerprint density at radius 2 is 1.81 bits per heavy atom. The normalized spacial score (nSPS) is 12.9. The summed E-state index contributed by atoms with van der Waals surface area (Å²) >= 11 is 0. The highest BCUT2D eigenvalue weighted by Crippen LogP contribution is 2.22. The van der Waals surface area contributed by atoms with Gasteiger partial charge in [0.2, 0.25) is 0 Å². The molecule has 27 heavy (non-hydrogen) atoms. The molecule has 0 saturated carbocycles. The lowest BCUT2D eigenvalue weighted by Crippen LogP contribution is -2.37. The fourth-order valence-corrected chi connectivity index (χ4v) is 2.79. The van der Waals surface area contributed by atoms with Crippen LogP contribution in [0.3, 0.4) is 0 Å². The number of aliphatic carboxylic acids is 2. The van der Waals surface area contributed by atoms with Gasteiger partial charge >= 0.3 is 0 Å². The van der Waals surface area contributed by atoms with Crippen LogP contribution in [-0.4, -0.2) is 18.0 Å². The maximum absolute atomic E-state index is 11.4. The van der Waals surface area contributed by atoms with E-state index < -0.39 is 24.4 Å². The number of nitrogens with zero attached hydrogens (tertiary/aromatic N) is 1. The van der Waals surface area contributed by atoms with Gasteiger partial charge in [0.25, 0.3) is 0 Å². The van der Waals surface area contributed by atoms with Crippen molar-refractivity contribution in [3.05, 3.63) is 65.5 Å². The molecule has 1 aromatic heterocycles. The van der Waals surface area contributed by atoms with E-state index in [1.54, 1.807) is 12.1 Å². The Kier molecular flexibility index (Phi) is 5.35. The Morgan fingerprint density at radius 1 is 1.07 bits per heavy atom. The van der Waals surface area contributed by atoms with Crippen LogP contribution in [-0.2, 0) is 9.59 Å². The van der Waals surface area contributed by atoms with Gasteiger partial charge < -0.3 is 24.2 Å². The minimum absolute atomic E-state index is 0.204. The number of carbonyl (C=O) groups excluding carboxylic acids is 2. The smallest absolute Gasteiger partial charge is 0.136 e. The first-order valence-corrected chi connectivity index (χ1v) is 8.48. The summed E-state index contributed by atoms with van der Waals surface area (Å²) in [5.74, 6) is -2.23. The Hall–Kier alpha value is -3.41. The van der Waals surface area contributed by atoms with Gasteiger partial charge in [-0.05, 0) is 31.9 Å². The van der Waals surface area contributed by atoms with Crippen molar-refractivity contribution in [3.63, 3.8) is 0 Å². The monoisotopic (exact) mass is 363 g/mol. The number of rotatable bonds is 6. The minimum Gasteiger partial charge on any atom is -0.550 e. The van der Waals surface area contributed by atoms with Crippen molar-refractivity contribution in [2.24, 2.45) is 4.99 Å². The largest absolute Gasteiger partial charge is 0.550 e. The number of carboxylic acids is 2. The van der Waals surface area contributed by atoms with Crippen LogP contribution in [0.4, 0.5) is 0 Å². The number of hydrogen-bond donors (Lipinski definition) is 0. The van der Waals surface area contributed by atoms with Gasteiger partial charge in [-0.3, -0.25) is 4.99 Å². The second-order valence-corrected chi connectivity index (χ2v) is 6.24. The molecule has 6 nitrogen and oxygen atoms in total. The van der Waals surface area contributed by atoms with Gasteiger partial charge in [0.1, 0.15) is 11.3 Å². The molecule has 0 aliphatic carbocycles. The van der Waals surface area contributed by atoms with Crippen LogP contribution in [0, 0.1) is 6.92 Å². The molecule has 0 N–H and O–H groups in total. The highest BCUT2D eigenvalue weighted by atomic mass is 16.4. The quantitative estimate of drug-likeness (QED) is 0.648. The Labute approximate surface area is 155 Å². The van der Waals surface area contributed by atoms with Gasteiger partial charge in [-0.1, -0.05) is 42.0 Å². The SMILES string of the molecule is Cc1ccc2oc(-c3ccccc3)cc(=N[C@H](CCC(=O)[O-])C(=O)[O-])c2c1. The molecule has 0 radical (unpaired) electrons. The Morgan fingerprint density at radius 3 is 2.48 bits per heavy atom. The van der Waals surface area contributed by atoms with Crippen LogP contribution in [0.5, 0.6) is 0 Å². The van der Waals surface area contributed by atoms with E-state index in [-0.39, 0.29) is 6.42 Å². The number of aryl methyl sites for hydroxylation is 1. The summed E-state index contributed by atoms with van der Waals surface area (Å²) in [7, 11) is 0. The first kappa shape index (κ1) is 18.4. The van der Waals surface area contributed by atoms with Gasteiger partial charge in [0.15, 0.2) is 0 Å². The summed E-state index contributed by atoms with van der Waals surface area (Å²) in [5, 5.41) is 23.2. The lowest BCUT2D eigenvalue weighted by atomic mass is 10.1. The molecule has 0 amide bonds. The third-order valence-electron chi connectivity index (χ3n) is 4.15. The molecule has 0 fully saturated rings. The fraction of sp³-hybridized carbons (Fsp3) is 0.190. The summed E-state index contributed by atoms with van der Waals surface area (Å²) in [6.07, 6.45) is -0.619. The van der Waals surface area contributed by atoms with Crippen molar-refractivity contribution < 1.29 is 24.2 Å². The Bertz CT molecular complexity index is 1050. The lowest BCUT2D eigenvalue weighted by Gasteiger charge is -2.14. The van der Waals surface area contributed by atoms with E-state index in [4.69, 9.17) is 4.42 Å². The van der Waals surface area contributed by atoms with E-state index in [1.165, 1.54) is 0 Å². The number of carboxylic acid groups (broad SMARTS) is 2. The number of fused-ring (bicyclic) bond motifs is 1. The van der Waals surface area contributed by atoms with Crippen LogP contribution < -0.4 is 15.6 Å². The molecule has 3 rings (SSSR count). The Balaban J connectivity index is 2.20. The maximum Gasteiger partial charge on any atom is 0.136 e. The van der Waals surface area contributed by atoms with E-state index in [0.29, 0.717) is 22.1 Å². The molecule has 6 heteroatoms. The van der Waals surface area contributed by atoms with Gasteiger partial charge in [0, 0.05) is 23.0 Å². The van der Waals surface area contributed by atoms with Crippen molar-refractivity contribution >= 4 is 22.9 Å². The molecule has 2 aromatic carbocycles. The standard InChI is InChI=1S/C21H19NO5/c1-13-7-9-18-15(11-13)17(22-16(21(25)26)8-10-20(23)24)12-19(27-18)14-5-3-2-4-6-14/h2-7,9,11-12,16H,8,10H2,1H3,(H,23,24)(H,25,26)/p-2/t16-/m1/s1. The highest BCUT2D eigenvalue weighted by Gasteiger charge is 2.11. The fourth-order valence-electron chi connectivity index (χ4n) is 2.79. The average Bonchev–Trinajstić information content (AvgIpc) is 2.65. The molecular formula is C21H17NO5-2. The van der Waals surface area contributed by atoms with Crippen molar-refractivity contribution in [3.8, 4) is 11.3 Å². The third kappa shape index (κ3) is 4.41. The van der Waals surface area contributed by atoms with Gasteiger partial charge in [0.05, 0.1) is 17.4 Å². The summed E-state index contributed by atoms with van der Waals surface area (Å²) < 4.78 is 5.96. The van der Waals surface area contributed by atoms with Crippen molar-refractivity contribution in [1.29, 1.82) is 0 Å². The van der Waals surface area contributed by atoms with E-state index >= 15 is 0 Å². The van der Waals surface area contributed by atoms with Gasteiger partial charge in [-0.25, -0.2) is 0 Å². The molecule has 0 unspecified atom stereocenters. The summed E-state index contributed by atoms with van der Waals surface area (Å²) in [5.41, 5.74) is 2.33. The molecule has 0 aliphatic rings. The highest BCUT2D eigenvalue weighted by molar-refractivity contribution is 5.80. The third-order valence-corrected chi connectivity index (χ3v) is 4.15. The second-order valence-electron chi connectivity index (χ2n) is 6.24. The molecule has 3 aromatic rings. The van der Waals surface area contributed by atoms with Crippen LogP contribution in [0.2, 0.25) is 0 Å². The predicted octanol–water partition coefficient (Wildman–Crippen LogP) is 0.958. The van der Waals surface area contributed by atoms with Crippen molar-refractivity contribution in [1.82, 2.24) is 0 Å². The molecule has 1 heterocycles. The van der Waals surface area contributed by atoms with E-state index in [2.05, 4.69) is 4.99 Å². The topological polar surface area (TPSA) is 106 Å². The van der Waals surface area contributed by atoms with Crippen molar-refractivity contribution in [2.75, 3.05) is 0 Å². The minimum atomic E-state index is -1.43. The maximum atomic E-state index is 11.4. The van der Waals surface area contributed by atoms with Crippen LogP contribution in [0.1, 0.15) is 18.4 Å². The number of hydrogen-bond acceptors (Lipinski definition) is 6. The summed E-state index contributed by atoms with van der Waals surface area (Å²) in [6, 6.07) is 15.2. The molecule has 1 atom stereocenters.